The molecule has 306 valence electrons. The molecule has 0 spiro atoms. The van der Waals surface area contributed by atoms with Crippen molar-refractivity contribution in [3.05, 3.63) is 33.4 Å². The van der Waals surface area contributed by atoms with Crippen LogP contribution in [-0.2, 0) is 49.5 Å². The molecule has 13 nitrogen and oxygen atoms in total. The van der Waals surface area contributed by atoms with Gasteiger partial charge < -0.3 is 34.3 Å². The number of nitrogens with one attached hydrogen (secondary N) is 1. The summed E-state index contributed by atoms with van der Waals surface area (Å²) in [5, 5.41) is 14.7. The van der Waals surface area contributed by atoms with Gasteiger partial charge in [-0.25, -0.2) is 0 Å². The van der Waals surface area contributed by atoms with Crippen LogP contribution in [0.1, 0.15) is 124 Å². The average Bonchev–Trinajstić information content (AvgIpc) is 3.86. The highest BCUT2D eigenvalue weighted by Crippen LogP contribution is 2.59. The minimum absolute atomic E-state index is 0.0165. The van der Waals surface area contributed by atoms with Crippen molar-refractivity contribution in [1.82, 2.24) is 15.3 Å². The van der Waals surface area contributed by atoms with Crippen LogP contribution < -0.4 is 5.32 Å². The number of hydroxylamine groups is 2. The fourth-order valence-corrected chi connectivity index (χ4v) is 9.77. The van der Waals surface area contributed by atoms with E-state index in [0.717, 1.165) is 47.7 Å². The zero-order valence-corrected chi connectivity index (χ0v) is 35.2. The Kier molecular flexibility index (Phi) is 13.5. The van der Waals surface area contributed by atoms with Crippen LogP contribution in [0.15, 0.2) is 24.3 Å². The van der Waals surface area contributed by atoms with Crippen LogP contribution in [0.25, 0.3) is 0 Å². The molecule has 2 bridgehead atoms. The van der Waals surface area contributed by atoms with E-state index >= 15 is 4.79 Å². The summed E-state index contributed by atoms with van der Waals surface area (Å²) in [7, 11) is 0. The van der Waals surface area contributed by atoms with Crippen LogP contribution in [-0.4, -0.2) is 106 Å². The van der Waals surface area contributed by atoms with E-state index in [1.807, 2.05) is 24.3 Å². The Balaban J connectivity index is 1.30. The number of unbranched alkanes of at least 4 members (excludes halogenated alkanes) is 4. The first kappa shape index (κ1) is 42.2. The number of benzene rings is 1. The van der Waals surface area contributed by atoms with E-state index in [-0.39, 0.29) is 38.3 Å². The van der Waals surface area contributed by atoms with E-state index in [4.69, 9.17) is 23.8 Å². The summed E-state index contributed by atoms with van der Waals surface area (Å²) < 4.78 is 26.6. The van der Waals surface area contributed by atoms with Crippen molar-refractivity contribution in [3.63, 3.8) is 0 Å². The summed E-state index contributed by atoms with van der Waals surface area (Å²) >= 11 is 2.26. The van der Waals surface area contributed by atoms with Crippen molar-refractivity contribution >= 4 is 46.3 Å². The average molecular weight is 882 g/mol. The van der Waals surface area contributed by atoms with Crippen molar-refractivity contribution in [2.45, 2.75) is 179 Å². The maximum atomic E-state index is 15.4. The predicted molar refractivity (Wildman–Crippen MR) is 210 cm³/mol. The molecule has 0 unspecified atom stereocenters. The fourth-order valence-electron chi connectivity index (χ4n) is 9.21. The Hall–Kier alpha value is -2.37. The number of carbonyl (C=O) groups excluding carboxylic acids is 4. The number of aliphatic hydroxyl groups excluding tert-OH is 1. The standard InChI is InChI=1S/C41H60IN3O10/c1-6-8-12-20-40(21-13-9-7-2)53-32-30-23-41(34(37(49)51-30)45(55-35(41)33(32)54-40)24-26-15-10-11-16-28(26)42)38(50)44-22-14-17-29(44)36(48)43-27(25-46)18-19-31(47)52-39(3,4)5/h10-11,15-16,27,29-30,32-35,46H,6-9,12-14,17-25H2,1-5H3,(H,43,48)/t27-,29+,30+,32-,33-,34+,35+,41+/m0/s1. The molecule has 1 aliphatic carbocycles. The molecule has 0 aromatic heterocycles. The lowest BCUT2D eigenvalue weighted by Gasteiger charge is -2.50. The van der Waals surface area contributed by atoms with Gasteiger partial charge in [0.1, 0.15) is 41.5 Å². The number of fused-ring (bicyclic) bond motifs is 4. The van der Waals surface area contributed by atoms with Crippen molar-refractivity contribution < 1.29 is 48.1 Å². The number of rotatable bonds is 17. The first-order chi connectivity index (χ1) is 26.3. The molecule has 4 saturated heterocycles. The van der Waals surface area contributed by atoms with Crippen molar-refractivity contribution in [1.29, 1.82) is 0 Å². The van der Waals surface area contributed by atoms with E-state index in [1.54, 1.807) is 30.7 Å². The molecule has 1 aromatic carbocycles. The zero-order chi connectivity index (χ0) is 39.5. The molecule has 4 heterocycles. The van der Waals surface area contributed by atoms with Gasteiger partial charge in [0.25, 0.3) is 0 Å². The highest BCUT2D eigenvalue weighted by atomic mass is 127. The Labute approximate surface area is 338 Å². The quantitative estimate of drug-likeness (QED) is 0.119. The van der Waals surface area contributed by atoms with Gasteiger partial charge in [-0.1, -0.05) is 57.7 Å². The van der Waals surface area contributed by atoms with Gasteiger partial charge in [0, 0.05) is 35.8 Å². The summed E-state index contributed by atoms with van der Waals surface area (Å²) in [6.45, 7) is 9.85. The minimum atomic E-state index is -1.40. The highest BCUT2D eigenvalue weighted by molar-refractivity contribution is 14.1. The van der Waals surface area contributed by atoms with E-state index in [1.165, 1.54) is 0 Å². The van der Waals surface area contributed by atoms with E-state index in [0.29, 0.717) is 32.2 Å². The van der Waals surface area contributed by atoms with Crippen LogP contribution in [0.5, 0.6) is 0 Å². The Morgan fingerprint density at radius 2 is 1.75 bits per heavy atom. The number of carbonyl (C=O) groups is 4. The SMILES string of the molecule is CCCCCC1(CCCCC)O[C@@H]2[C@H](O1)[C@H]1ON(Cc3ccccc3I)[C@@H]3C(=O)O[C@@H]2C[C@]13C(=O)N1CCC[C@@H]1C(=O)N[C@H](CO)CCC(=O)OC(C)(C)C. The smallest absolute Gasteiger partial charge is 0.327 e. The molecule has 1 aromatic rings. The third-order valence-corrected chi connectivity index (χ3v) is 12.8. The molecule has 8 atom stereocenters. The fraction of sp³-hybridized carbons (Fsp3) is 0.756. The van der Waals surface area contributed by atoms with Gasteiger partial charge in [-0.05, 0) is 87.1 Å². The maximum absolute atomic E-state index is 15.4. The first-order valence-electron chi connectivity index (χ1n) is 20.4. The molecule has 5 aliphatic rings. The Bertz CT molecular complexity index is 1540. The van der Waals surface area contributed by atoms with Gasteiger partial charge in [0.15, 0.2) is 11.8 Å². The molecule has 14 heteroatoms. The molecule has 4 aliphatic heterocycles. The number of aliphatic hydroxyl groups is 1. The highest BCUT2D eigenvalue weighted by Gasteiger charge is 2.77. The third kappa shape index (κ3) is 8.89. The molecule has 2 amide bonds. The summed E-state index contributed by atoms with van der Waals surface area (Å²) in [6.07, 6.45) is 5.87. The van der Waals surface area contributed by atoms with Crippen LogP contribution in [0.4, 0.5) is 0 Å². The molecular formula is C41H60IN3O10. The van der Waals surface area contributed by atoms with Gasteiger partial charge in [-0.15, -0.1) is 0 Å². The minimum Gasteiger partial charge on any atom is -0.460 e. The van der Waals surface area contributed by atoms with Crippen LogP contribution in [0.2, 0.25) is 0 Å². The van der Waals surface area contributed by atoms with E-state index in [9.17, 15) is 19.5 Å². The van der Waals surface area contributed by atoms with Crippen molar-refractivity contribution in [2.24, 2.45) is 5.41 Å². The van der Waals surface area contributed by atoms with Gasteiger partial charge in [0.2, 0.25) is 11.8 Å². The number of ether oxygens (including phenoxy) is 4. The summed E-state index contributed by atoms with van der Waals surface area (Å²) in [4.78, 5) is 64.5. The van der Waals surface area contributed by atoms with Crippen LogP contribution >= 0.6 is 22.6 Å². The number of hydrogen-bond acceptors (Lipinski definition) is 11. The summed E-state index contributed by atoms with van der Waals surface area (Å²) in [5.74, 6) is -2.60. The van der Waals surface area contributed by atoms with Crippen LogP contribution in [0, 0.1) is 8.99 Å². The topological polar surface area (TPSA) is 153 Å². The molecule has 55 heavy (non-hydrogen) atoms. The molecule has 6 rings (SSSR count). The number of amides is 2. The summed E-state index contributed by atoms with van der Waals surface area (Å²) in [6, 6.07) is 5.23. The normalized spacial score (nSPS) is 30.2. The lowest BCUT2D eigenvalue weighted by molar-refractivity contribution is -0.225. The zero-order valence-electron chi connectivity index (χ0n) is 33.1. The number of nitrogens with zero attached hydrogens (tertiary/aromatic N) is 2. The number of halogens is 1. The lowest BCUT2D eigenvalue weighted by Crippen LogP contribution is -2.70. The van der Waals surface area contributed by atoms with Crippen molar-refractivity contribution in [2.75, 3.05) is 13.2 Å². The maximum Gasteiger partial charge on any atom is 0.327 e. The largest absolute Gasteiger partial charge is 0.460 e. The van der Waals surface area contributed by atoms with Gasteiger partial charge in [0.05, 0.1) is 19.2 Å². The molecule has 1 saturated carbocycles. The second-order valence-electron chi connectivity index (χ2n) is 17.0. The molecule has 2 N–H and O–H groups in total. The van der Waals surface area contributed by atoms with Crippen molar-refractivity contribution in [3.8, 4) is 0 Å². The molecular weight excluding hydrogens is 821 g/mol. The van der Waals surface area contributed by atoms with Crippen LogP contribution in [0.3, 0.4) is 0 Å². The number of likely N-dealkylation sites (tertiary alicyclic amines) is 1. The molecule has 0 radical (unpaired) electrons. The second-order valence-corrected chi connectivity index (χ2v) is 18.1. The van der Waals surface area contributed by atoms with Gasteiger partial charge >= 0.3 is 11.9 Å². The third-order valence-electron chi connectivity index (χ3n) is 11.8. The van der Waals surface area contributed by atoms with Gasteiger partial charge in [-0.3, -0.25) is 24.0 Å². The van der Waals surface area contributed by atoms with E-state index in [2.05, 4.69) is 41.8 Å². The molecule has 5 fully saturated rings. The summed E-state index contributed by atoms with van der Waals surface area (Å²) in [5.41, 5.74) is -1.11. The number of hydrogen-bond donors (Lipinski definition) is 2. The predicted octanol–water partition coefficient (Wildman–Crippen LogP) is 5.32. The monoisotopic (exact) mass is 881 g/mol. The lowest BCUT2D eigenvalue weighted by atomic mass is 9.62. The van der Waals surface area contributed by atoms with E-state index < -0.39 is 77.2 Å². The first-order valence-corrected chi connectivity index (χ1v) is 21.5. The number of esters is 2. The Morgan fingerprint density at radius 1 is 1.05 bits per heavy atom. The Morgan fingerprint density at radius 3 is 2.40 bits per heavy atom. The second kappa shape index (κ2) is 17.6. The van der Waals surface area contributed by atoms with Gasteiger partial charge in [-0.2, -0.15) is 5.06 Å².